The summed E-state index contributed by atoms with van der Waals surface area (Å²) in [6.07, 6.45) is 3.33. The number of urea groups is 1. The summed E-state index contributed by atoms with van der Waals surface area (Å²) in [5, 5.41) is 2.74. The van der Waals surface area contributed by atoms with E-state index in [4.69, 9.17) is 0 Å². The molecule has 2 aromatic heterocycles. The highest BCUT2D eigenvalue weighted by Crippen LogP contribution is 2.13. The van der Waals surface area contributed by atoms with E-state index in [1.54, 1.807) is 17.3 Å². The van der Waals surface area contributed by atoms with E-state index in [0.29, 0.717) is 18.9 Å². The monoisotopic (exact) mass is 290 g/mol. The molecule has 1 aliphatic rings. The minimum Gasteiger partial charge on any atom is -0.353 e. The summed E-state index contributed by atoms with van der Waals surface area (Å²) in [4.78, 5) is 20.3. The molecule has 3 heterocycles. The number of carbonyl (C=O) groups is 1. The van der Waals surface area contributed by atoms with E-state index in [0.717, 1.165) is 30.6 Å². The summed E-state index contributed by atoms with van der Waals surface area (Å²) in [6, 6.07) is 5.72. The quantitative estimate of drug-likeness (QED) is 0.902. The van der Waals surface area contributed by atoms with Crippen molar-refractivity contribution in [3.8, 4) is 0 Å². The Balaban J connectivity index is 1.54. The average molecular weight is 290 g/mol. The molecule has 0 aromatic carbocycles. The summed E-state index contributed by atoms with van der Waals surface area (Å²) in [7, 11) is 0. The second kappa shape index (κ2) is 5.83. The maximum atomic E-state index is 12.0. The van der Waals surface area contributed by atoms with Crippen LogP contribution in [-0.2, 0) is 0 Å². The lowest BCUT2D eigenvalue weighted by molar-refractivity contribution is 0.208. The van der Waals surface area contributed by atoms with Crippen LogP contribution in [0.3, 0.4) is 0 Å². The minimum absolute atomic E-state index is 0.127. The summed E-state index contributed by atoms with van der Waals surface area (Å²) in [5.74, 6) is 1.46. The van der Waals surface area contributed by atoms with Crippen molar-refractivity contribution in [2.24, 2.45) is 0 Å². The van der Waals surface area contributed by atoms with Gasteiger partial charge in [-0.25, -0.2) is 9.78 Å². The molecule has 0 unspecified atom stereocenters. The second-order valence-electron chi connectivity index (χ2n) is 4.38. The highest BCUT2D eigenvalue weighted by molar-refractivity contribution is 6.99. The number of amides is 2. The third-order valence-electron chi connectivity index (χ3n) is 3.14. The molecule has 2 aromatic rings. The third kappa shape index (κ3) is 2.85. The number of aromatic nitrogens is 3. The van der Waals surface area contributed by atoms with Crippen molar-refractivity contribution in [1.82, 2.24) is 18.6 Å². The summed E-state index contributed by atoms with van der Waals surface area (Å²) in [5.41, 5.74) is 0. The van der Waals surface area contributed by atoms with E-state index in [9.17, 15) is 4.79 Å². The van der Waals surface area contributed by atoms with Crippen molar-refractivity contribution in [1.29, 1.82) is 0 Å². The van der Waals surface area contributed by atoms with E-state index in [1.807, 2.05) is 18.2 Å². The van der Waals surface area contributed by atoms with Gasteiger partial charge < -0.3 is 9.80 Å². The number of hydrogen-bond acceptors (Lipinski definition) is 6. The number of rotatable bonds is 2. The zero-order valence-corrected chi connectivity index (χ0v) is 11.6. The Morgan fingerprint density at radius 3 is 2.75 bits per heavy atom. The molecule has 1 N–H and O–H groups in total. The van der Waals surface area contributed by atoms with Crippen LogP contribution >= 0.6 is 11.7 Å². The first-order valence-corrected chi connectivity index (χ1v) is 7.05. The molecule has 0 saturated carbocycles. The van der Waals surface area contributed by atoms with E-state index >= 15 is 0 Å². The van der Waals surface area contributed by atoms with Gasteiger partial charge in [-0.2, -0.15) is 8.75 Å². The van der Waals surface area contributed by atoms with Gasteiger partial charge in [0.1, 0.15) is 5.82 Å². The largest absolute Gasteiger partial charge is 0.353 e. The highest BCUT2D eigenvalue weighted by Gasteiger charge is 2.22. The number of piperazine rings is 1. The molecule has 2 amide bonds. The van der Waals surface area contributed by atoms with Gasteiger partial charge in [-0.05, 0) is 12.1 Å². The fraction of sp³-hybridized carbons (Fsp3) is 0.333. The topological polar surface area (TPSA) is 74.2 Å². The molecule has 0 radical (unpaired) electrons. The van der Waals surface area contributed by atoms with Gasteiger partial charge in [0.2, 0.25) is 0 Å². The molecule has 1 fully saturated rings. The predicted octanol–water partition coefficient (Wildman–Crippen LogP) is 1.29. The van der Waals surface area contributed by atoms with Gasteiger partial charge in [0.15, 0.2) is 5.82 Å². The Morgan fingerprint density at radius 1 is 1.25 bits per heavy atom. The van der Waals surface area contributed by atoms with Crippen LogP contribution in [0.25, 0.3) is 0 Å². The van der Waals surface area contributed by atoms with Crippen molar-refractivity contribution in [3.63, 3.8) is 0 Å². The summed E-state index contributed by atoms with van der Waals surface area (Å²) < 4.78 is 7.82. The molecule has 7 nitrogen and oxygen atoms in total. The first-order chi connectivity index (χ1) is 9.83. The van der Waals surface area contributed by atoms with Gasteiger partial charge in [0, 0.05) is 32.4 Å². The molecule has 0 aliphatic carbocycles. The fourth-order valence-corrected chi connectivity index (χ4v) is 2.46. The maximum absolute atomic E-state index is 12.0. The van der Waals surface area contributed by atoms with Crippen LogP contribution in [0, 0.1) is 0 Å². The number of nitrogens with one attached hydrogen (secondary N) is 1. The second-order valence-corrected chi connectivity index (χ2v) is 4.94. The molecule has 0 bridgehead atoms. The van der Waals surface area contributed by atoms with Crippen LogP contribution in [0.1, 0.15) is 0 Å². The maximum Gasteiger partial charge on any atom is 0.323 e. The lowest BCUT2D eigenvalue weighted by Crippen LogP contribution is -2.50. The molecule has 8 heteroatoms. The molecular weight excluding hydrogens is 276 g/mol. The zero-order valence-electron chi connectivity index (χ0n) is 10.8. The first-order valence-electron chi connectivity index (χ1n) is 6.32. The van der Waals surface area contributed by atoms with E-state index in [1.165, 1.54) is 0 Å². The van der Waals surface area contributed by atoms with Gasteiger partial charge in [-0.1, -0.05) is 6.07 Å². The Hall–Kier alpha value is -2.22. The van der Waals surface area contributed by atoms with Crippen molar-refractivity contribution in [2.75, 3.05) is 36.4 Å². The number of hydrogen-bond donors (Lipinski definition) is 1. The smallest absolute Gasteiger partial charge is 0.323 e. The van der Waals surface area contributed by atoms with Gasteiger partial charge >= 0.3 is 6.03 Å². The number of nitrogens with zero attached hydrogens (tertiary/aromatic N) is 5. The highest BCUT2D eigenvalue weighted by atomic mass is 32.1. The van der Waals surface area contributed by atoms with Crippen LogP contribution in [0.15, 0.2) is 30.6 Å². The van der Waals surface area contributed by atoms with Gasteiger partial charge in [0.25, 0.3) is 0 Å². The lowest BCUT2D eigenvalue weighted by atomic mass is 10.3. The molecule has 0 atom stereocenters. The molecule has 1 aliphatic heterocycles. The number of pyridine rings is 1. The molecule has 20 heavy (non-hydrogen) atoms. The summed E-state index contributed by atoms with van der Waals surface area (Å²) in [6.45, 7) is 2.89. The van der Waals surface area contributed by atoms with Crippen LogP contribution in [0.4, 0.5) is 16.4 Å². The number of carbonyl (C=O) groups excluding carboxylic acids is 1. The Bertz CT molecular complexity index is 553. The Labute approximate surface area is 120 Å². The predicted molar refractivity (Wildman–Crippen MR) is 77.0 cm³/mol. The van der Waals surface area contributed by atoms with Crippen molar-refractivity contribution >= 4 is 29.4 Å². The number of anilines is 2. The van der Waals surface area contributed by atoms with Gasteiger partial charge in [-0.3, -0.25) is 5.32 Å². The van der Waals surface area contributed by atoms with Crippen LogP contribution in [-0.4, -0.2) is 50.8 Å². The fourth-order valence-electron chi connectivity index (χ4n) is 2.09. The van der Waals surface area contributed by atoms with Crippen molar-refractivity contribution < 1.29 is 4.79 Å². The minimum atomic E-state index is -0.127. The van der Waals surface area contributed by atoms with Crippen molar-refractivity contribution in [2.45, 2.75) is 0 Å². The summed E-state index contributed by atoms with van der Waals surface area (Å²) >= 11 is 1.08. The van der Waals surface area contributed by atoms with Crippen LogP contribution < -0.4 is 10.2 Å². The zero-order chi connectivity index (χ0) is 13.8. The van der Waals surface area contributed by atoms with Crippen LogP contribution in [0.2, 0.25) is 0 Å². The van der Waals surface area contributed by atoms with E-state index < -0.39 is 0 Å². The molecule has 3 rings (SSSR count). The Morgan fingerprint density at radius 2 is 2.10 bits per heavy atom. The molecule has 104 valence electrons. The molecule has 0 spiro atoms. The lowest BCUT2D eigenvalue weighted by Gasteiger charge is -2.35. The van der Waals surface area contributed by atoms with E-state index in [2.05, 4.69) is 23.9 Å². The molecular formula is C12H14N6OS. The third-order valence-corrected chi connectivity index (χ3v) is 3.61. The van der Waals surface area contributed by atoms with Gasteiger partial charge in [0.05, 0.1) is 17.9 Å². The van der Waals surface area contributed by atoms with E-state index in [-0.39, 0.29) is 6.03 Å². The standard InChI is InChI=1S/C12H14N6OS/c19-12(15-10-9-14-20-16-10)18-7-5-17(6-8-18)11-3-1-2-4-13-11/h1-4,9H,5-8H2,(H,15,16,19). The SMILES string of the molecule is O=C(Nc1cnsn1)N1CCN(c2ccccn2)CC1. The normalized spacial score (nSPS) is 15.2. The Kier molecular flexibility index (Phi) is 3.73. The molecule has 1 saturated heterocycles. The van der Waals surface area contributed by atoms with Gasteiger partial charge in [-0.15, -0.1) is 0 Å². The van der Waals surface area contributed by atoms with Crippen molar-refractivity contribution in [3.05, 3.63) is 30.6 Å². The average Bonchev–Trinajstić information content (AvgIpc) is 3.01. The van der Waals surface area contributed by atoms with Crippen LogP contribution in [0.5, 0.6) is 0 Å². The first kappa shape index (κ1) is 12.8.